The number of carbonyl (C=O) groups excluding carboxylic acids is 1. The molecule has 30 heavy (non-hydrogen) atoms. The number of carbonyl (C=O) groups is 1. The zero-order valence-corrected chi connectivity index (χ0v) is 17.9. The van der Waals surface area contributed by atoms with Crippen molar-refractivity contribution in [3.63, 3.8) is 0 Å². The van der Waals surface area contributed by atoms with E-state index in [0.29, 0.717) is 0 Å². The predicted molar refractivity (Wildman–Crippen MR) is 121 cm³/mol. The van der Waals surface area contributed by atoms with Crippen LogP contribution in [0, 0.1) is 20.8 Å². The highest BCUT2D eigenvalue weighted by Gasteiger charge is 2.19. The molecular formula is C25H26N4O. The van der Waals surface area contributed by atoms with Crippen LogP contribution >= 0.6 is 0 Å². The summed E-state index contributed by atoms with van der Waals surface area (Å²) in [6, 6.07) is 18.1. The molecule has 0 saturated carbocycles. The van der Waals surface area contributed by atoms with Crippen molar-refractivity contribution in [2.75, 3.05) is 5.32 Å². The van der Waals surface area contributed by atoms with Crippen molar-refractivity contribution in [2.45, 2.75) is 40.5 Å². The van der Waals surface area contributed by atoms with Crippen molar-refractivity contribution >= 4 is 17.2 Å². The fourth-order valence-corrected chi connectivity index (χ4v) is 3.90. The first-order valence-corrected chi connectivity index (χ1v) is 10.3. The Labute approximate surface area is 176 Å². The number of fused-ring (bicyclic) bond motifs is 1. The molecule has 0 aliphatic rings. The van der Waals surface area contributed by atoms with Crippen molar-refractivity contribution in [3.8, 4) is 11.1 Å². The van der Waals surface area contributed by atoms with Gasteiger partial charge in [-0.1, -0.05) is 49.4 Å². The number of anilines is 1. The lowest BCUT2D eigenvalue weighted by Crippen LogP contribution is -2.17. The van der Waals surface area contributed by atoms with Gasteiger partial charge in [0.15, 0.2) is 5.65 Å². The number of nitrogens with one attached hydrogen (secondary N) is 1. The van der Waals surface area contributed by atoms with Crippen LogP contribution < -0.4 is 5.32 Å². The van der Waals surface area contributed by atoms with Gasteiger partial charge in [-0.25, -0.2) is 9.50 Å². The fraction of sp³-hybridized carbons (Fsp3) is 0.240. The second-order valence-corrected chi connectivity index (χ2v) is 7.60. The molecule has 5 heteroatoms. The lowest BCUT2D eigenvalue weighted by Gasteiger charge is -2.12. The first-order chi connectivity index (χ1) is 14.5. The Morgan fingerprint density at radius 1 is 1.00 bits per heavy atom. The molecule has 0 atom stereocenters. The number of aromatic nitrogens is 3. The number of amides is 1. The van der Waals surface area contributed by atoms with Gasteiger partial charge in [0.1, 0.15) is 0 Å². The largest absolute Gasteiger partial charge is 0.326 e. The van der Waals surface area contributed by atoms with E-state index in [1.807, 2.05) is 61.7 Å². The van der Waals surface area contributed by atoms with Gasteiger partial charge < -0.3 is 5.32 Å². The van der Waals surface area contributed by atoms with Crippen LogP contribution in [-0.2, 0) is 17.6 Å². The number of benzene rings is 2. The minimum absolute atomic E-state index is 0.0530. The van der Waals surface area contributed by atoms with Gasteiger partial charge in [-0.2, -0.15) is 5.10 Å². The molecule has 0 aliphatic carbocycles. The van der Waals surface area contributed by atoms with Crippen LogP contribution in [0.5, 0.6) is 0 Å². The van der Waals surface area contributed by atoms with Gasteiger partial charge >= 0.3 is 0 Å². The lowest BCUT2D eigenvalue weighted by molar-refractivity contribution is -0.115. The summed E-state index contributed by atoms with van der Waals surface area (Å²) < 4.78 is 1.87. The topological polar surface area (TPSA) is 59.3 Å². The summed E-state index contributed by atoms with van der Waals surface area (Å²) in [5.74, 6) is -0.0530. The maximum absolute atomic E-state index is 12.7. The second kappa shape index (κ2) is 8.11. The highest BCUT2D eigenvalue weighted by molar-refractivity contribution is 5.92. The zero-order valence-electron chi connectivity index (χ0n) is 17.9. The molecule has 0 spiro atoms. The third-order valence-electron chi connectivity index (χ3n) is 5.52. The Bertz CT molecular complexity index is 1230. The normalized spacial score (nSPS) is 11.1. The van der Waals surface area contributed by atoms with Crippen molar-refractivity contribution in [1.29, 1.82) is 0 Å². The lowest BCUT2D eigenvalue weighted by atomic mass is 10.1. The molecule has 0 saturated heterocycles. The molecule has 0 fully saturated rings. The minimum Gasteiger partial charge on any atom is -0.326 e. The quantitative estimate of drug-likeness (QED) is 0.511. The van der Waals surface area contributed by atoms with Crippen LogP contribution in [0.1, 0.15) is 35.1 Å². The summed E-state index contributed by atoms with van der Waals surface area (Å²) in [5, 5.41) is 7.74. The monoisotopic (exact) mass is 398 g/mol. The van der Waals surface area contributed by atoms with Crippen molar-refractivity contribution in [2.24, 2.45) is 0 Å². The van der Waals surface area contributed by atoms with Gasteiger partial charge in [0.25, 0.3) is 0 Å². The van der Waals surface area contributed by atoms with E-state index in [1.54, 1.807) is 0 Å². The van der Waals surface area contributed by atoms with Crippen molar-refractivity contribution < 1.29 is 4.79 Å². The van der Waals surface area contributed by atoms with Gasteiger partial charge in [-0.05, 0) is 50.5 Å². The Morgan fingerprint density at radius 3 is 2.50 bits per heavy atom. The summed E-state index contributed by atoms with van der Waals surface area (Å²) in [6.45, 7) is 8.07. The maximum Gasteiger partial charge on any atom is 0.228 e. The van der Waals surface area contributed by atoms with E-state index in [4.69, 9.17) is 10.1 Å². The zero-order chi connectivity index (χ0) is 21.3. The van der Waals surface area contributed by atoms with Gasteiger partial charge in [-0.15, -0.1) is 0 Å². The molecule has 1 amide bonds. The van der Waals surface area contributed by atoms with E-state index >= 15 is 0 Å². The predicted octanol–water partition coefficient (Wildman–Crippen LogP) is 5.07. The first-order valence-electron chi connectivity index (χ1n) is 10.3. The summed E-state index contributed by atoms with van der Waals surface area (Å²) in [4.78, 5) is 17.6. The number of hydrogen-bond donors (Lipinski definition) is 1. The number of aryl methyl sites for hydroxylation is 4. The maximum atomic E-state index is 12.7. The molecule has 4 aromatic rings. The Balaban J connectivity index is 1.68. The van der Waals surface area contributed by atoms with E-state index < -0.39 is 0 Å². The van der Waals surface area contributed by atoms with Crippen LogP contribution in [-0.4, -0.2) is 20.5 Å². The SMILES string of the molecule is CCc1cccc(NC(=O)Cc2c(C)nc3c(-c4ccccc4)c(C)nn3c2C)c1. The minimum atomic E-state index is -0.0530. The second-order valence-electron chi connectivity index (χ2n) is 7.60. The summed E-state index contributed by atoms with van der Waals surface area (Å²) in [5.41, 5.74) is 8.62. The van der Waals surface area contributed by atoms with Crippen LogP contribution in [0.15, 0.2) is 54.6 Å². The molecule has 152 valence electrons. The van der Waals surface area contributed by atoms with Crippen molar-refractivity contribution in [1.82, 2.24) is 14.6 Å². The van der Waals surface area contributed by atoms with Crippen molar-refractivity contribution in [3.05, 3.63) is 82.8 Å². The first kappa shape index (κ1) is 19.8. The van der Waals surface area contributed by atoms with Gasteiger partial charge in [0.05, 0.1) is 12.1 Å². The third kappa shape index (κ3) is 3.71. The molecule has 0 bridgehead atoms. The standard InChI is InChI=1S/C25H26N4O/c1-5-19-10-9-13-21(14-19)27-23(30)15-22-16(2)26-25-24(20-11-7-6-8-12-20)17(3)28-29(25)18(22)4/h6-14H,5,15H2,1-4H3,(H,27,30). The van der Waals surface area contributed by atoms with E-state index in [1.165, 1.54) is 5.56 Å². The highest BCUT2D eigenvalue weighted by Crippen LogP contribution is 2.29. The molecule has 4 rings (SSSR count). The van der Waals surface area contributed by atoms with Crippen LogP contribution in [0.2, 0.25) is 0 Å². The summed E-state index contributed by atoms with van der Waals surface area (Å²) >= 11 is 0. The van der Waals surface area contributed by atoms with E-state index in [0.717, 1.165) is 51.5 Å². The number of nitrogens with zero attached hydrogens (tertiary/aromatic N) is 3. The fourth-order valence-electron chi connectivity index (χ4n) is 3.90. The van der Waals surface area contributed by atoms with E-state index in [2.05, 4.69) is 30.4 Å². The molecule has 0 radical (unpaired) electrons. The average molecular weight is 399 g/mol. The smallest absolute Gasteiger partial charge is 0.228 e. The van der Waals surface area contributed by atoms with Gasteiger partial charge in [-0.3, -0.25) is 4.79 Å². The number of rotatable bonds is 5. The van der Waals surface area contributed by atoms with Gasteiger partial charge in [0, 0.05) is 28.2 Å². The Morgan fingerprint density at radius 2 is 1.77 bits per heavy atom. The van der Waals surface area contributed by atoms with Gasteiger partial charge in [0.2, 0.25) is 5.91 Å². The molecular weight excluding hydrogens is 372 g/mol. The summed E-state index contributed by atoms with van der Waals surface area (Å²) in [7, 11) is 0. The Hall–Kier alpha value is -3.47. The molecule has 2 aromatic heterocycles. The molecule has 0 unspecified atom stereocenters. The molecule has 2 heterocycles. The third-order valence-corrected chi connectivity index (χ3v) is 5.52. The van der Waals surface area contributed by atoms with E-state index in [-0.39, 0.29) is 12.3 Å². The molecule has 2 aromatic carbocycles. The molecule has 0 aliphatic heterocycles. The molecule has 5 nitrogen and oxygen atoms in total. The van der Waals surface area contributed by atoms with Crippen LogP contribution in [0.3, 0.4) is 0 Å². The van der Waals surface area contributed by atoms with Crippen LogP contribution in [0.4, 0.5) is 5.69 Å². The molecule has 1 N–H and O–H groups in total. The summed E-state index contributed by atoms with van der Waals surface area (Å²) in [6.07, 6.45) is 1.20. The van der Waals surface area contributed by atoms with E-state index in [9.17, 15) is 4.79 Å². The number of hydrogen-bond acceptors (Lipinski definition) is 3. The van der Waals surface area contributed by atoms with Crippen LogP contribution in [0.25, 0.3) is 16.8 Å². The Kier molecular flexibility index (Phi) is 5.36. The highest BCUT2D eigenvalue weighted by atomic mass is 16.1. The average Bonchev–Trinajstić information content (AvgIpc) is 3.07.